The maximum atomic E-state index is 12.0. The molecule has 6 nitrogen and oxygen atoms in total. The van der Waals surface area contributed by atoms with Gasteiger partial charge in [0.05, 0.1) is 11.5 Å². The van der Waals surface area contributed by atoms with Gasteiger partial charge in [-0.3, -0.25) is 5.32 Å². The quantitative estimate of drug-likeness (QED) is 0.551. The van der Waals surface area contributed by atoms with Crippen LogP contribution in [0, 0.1) is 0 Å². The van der Waals surface area contributed by atoms with Crippen LogP contribution in [0.15, 0.2) is 95.9 Å². The van der Waals surface area contributed by atoms with Gasteiger partial charge in [0, 0.05) is 12.1 Å². The van der Waals surface area contributed by atoms with Gasteiger partial charge in [0.15, 0.2) is 0 Å². The van der Waals surface area contributed by atoms with Crippen molar-refractivity contribution < 1.29 is 17.9 Å². The van der Waals surface area contributed by atoms with E-state index in [1.54, 1.807) is 0 Å². The van der Waals surface area contributed by atoms with E-state index < -0.39 is 16.1 Å². The number of ether oxygens (including phenoxy) is 1. The minimum absolute atomic E-state index is 0.0269. The summed E-state index contributed by atoms with van der Waals surface area (Å²) >= 11 is 0. The van der Waals surface area contributed by atoms with Crippen molar-refractivity contribution in [2.75, 3.05) is 11.9 Å². The van der Waals surface area contributed by atoms with E-state index in [1.165, 1.54) is 24.3 Å². The summed E-state index contributed by atoms with van der Waals surface area (Å²) in [6, 6.07) is 25.6. The Bertz CT molecular complexity index is 1070. The smallest absolute Gasteiger partial charge is 0.411 e. The van der Waals surface area contributed by atoms with E-state index in [2.05, 4.69) is 5.32 Å². The summed E-state index contributed by atoms with van der Waals surface area (Å²) in [5.41, 5.74) is 3.65. The molecule has 30 heavy (non-hydrogen) atoms. The van der Waals surface area contributed by atoms with Crippen molar-refractivity contribution in [2.45, 2.75) is 11.3 Å². The van der Waals surface area contributed by atoms with Crippen molar-refractivity contribution >= 4 is 27.4 Å². The van der Waals surface area contributed by atoms with Crippen LogP contribution in [-0.4, -0.2) is 21.1 Å². The molecule has 0 radical (unpaired) electrons. The molecule has 0 aliphatic heterocycles. The summed E-state index contributed by atoms with van der Waals surface area (Å²) in [7, 11) is -3.77. The largest absolute Gasteiger partial charge is 0.449 e. The van der Waals surface area contributed by atoms with E-state index in [1.807, 2.05) is 66.7 Å². The predicted molar refractivity (Wildman–Crippen MR) is 117 cm³/mol. The van der Waals surface area contributed by atoms with Gasteiger partial charge in [0.2, 0.25) is 10.0 Å². The molecule has 3 aromatic rings. The summed E-state index contributed by atoms with van der Waals surface area (Å²) in [6.07, 6.45) is 1.96. The lowest BCUT2D eigenvalue weighted by Crippen LogP contribution is -2.15. The lowest BCUT2D eigenvalue weighted by molar-refractivity contribution is 0.163. The molecule has 0 unspecified atom stereocenters. The Kier molecular flexibility index (Phi) is 7.00. The Labute approximate surface area is 176 Å². The lowest BCUT2D eigenvalue weighted by atomic mass is 9.97. The number of carbonyl (C=O) groups is 1. The molecule has 1 amide bonds. The zero-order valence-electron chi connectivity index (χ0n) is 16.2. The molecule has 3 N–H and O–H groups in total. The maximum Gasteiger partial charge on any atom is 0.411 e. The molecule has 0 heterocycles. The number of rotatable bonds is 7. The molecular weight excluding hydrogens is 400 g/mol. The molecule has 154 valence electrons. The average Bonchev–Trinajstić information content (AvgIpc) is 2.75. The van der Waals surface area contributed by atoms with Gasteiger partial charge in [-0.25, -0.2) is 18.4 Å². The Morgan fingerprint density at radius 1 is 0.867 bits per heavy atom. The maximum absolute atomic E-state index is 12.0. The molecule has 0 saturated carbocycles. The van der Waals surface area contributed by atoms with Crippen LogP contribution in [0.4, 0.5) is 10.5 Å². The number of hydrogen-bond donors (Lipinski definition) is 2. The normalized spacial score (nSPS) is 10.8. The number of benzene rings is 3. The van der Waals surface area contributed by atoms with Crippen LogP contribution in [-0.2, 0) is 14.8 Å². The molecular formula is C23H22N2O4S. The molecule has 0 bridgehead atoms. The standard InChI is InChI=1S/C23H22N2O4S/c24-30(27,28)21-15-13-20(14-16-21)25-23(26)29-17-7-12-22(18-8-3-1-4-9-18)19-10-5-2-6-11-19/h1-6,8-16H,7,17H2,(H,25,26)(H2,24,27,28). The third kappa shape index (κ3) is 6.04. The van der Waals surface area contributed by atoms with Gasteiger partial charge in [0.1, 0.15) is 0 Å². The van der Waals surface area contributed by atoms with E-state index in [0.717, 1.165) is 16.7 Å². The van der Waals surface area contributed by atoms with Gasteiger partial charge in [0.25, 0.3) is 0 Å². The highest BCUT2D eigenvalue weighted by Gasteiger charge is 2.09. The second kappa shape index (κ2) is 9.87. The first-order valence-electron chi connectivity index (χ1n) is 9.31. The Morgan fingerprint density at radius 3 is 1.90 bits per heavy atom. The molecule has 0 atom stereocenters. The Balaban J connectivity index is 1.59. The molecule has 0 aromatic heterocycles. The van der Waals surface area contributed by atoms with Crippen molar-refractivity contribution in [1.82, 2.24) is 0 Å². The number of nitrogens with one attached hydrogen (secondary N) is 1. The van der Waals surface area contributed by atoms with Crippen LogP contribution in [0.2, 0.25) is 0 Å². The topological polar surface area (TPSA) is 98.5 Å². The molecule has 0 aliphatic carbocycles. The average molecular weight is 423 g/mol. The second-order valence-electron chi connectivity index (χ2n) is 6.47. The predicted octanol–water partition coefficient (Wildman–Crippen LogP) is 4.40. The zero-order valence-corrected chi connectivity index (χ0v) is 17.0. The third-order valence-corrected chi connectivity index (χ3v) is 5.23. The summed E-state index contributed by atoms with van der Waals surface area (Å²) in [4.78, 5) is 12.0. The summed E-state index contributed by atoms with van der Waals surface area (Å²) in [5.74, 6) is 0. The Morgan fingerprint density at radius 2 is 1.40 bits per heavy atom. The summed E-state index contributed by atoms with van der Waals surface area (Å²) < 4.78 is 27.8. The van der Waals surface area contributed by atoms with Gasteiger partial charge < -0.3 is 4.74 Å². The lowest BCUT2D eigenvalue weighted by Gasteiger charge is -2.10. The van der Waals surface area contributed by atoms with Crippen molar-refractivity contribution in [1.29, 1.82) is 0 Å². The molecule has 0 aliphatic rings. The van der Waals surface area contributed by atoms with Crippen molar-refractivity contribution in [3.8, 4) is 0 Å². The van der Waals surface area contributed by atoms with Crippen LogP contribution < -0.4 is 10.5 Å². The highest BCUT2D eigenvalue weighted by molar-refractivity contribution is 7.89. The number of sulfonamides is 1. The Hall–Kier alpha value is -3.42. The van der Waals surface area contributed by atoms with Crippen LogP contribution in [0.25, 0.3) is 5.57 Å². The van der Waals surface area contributed by atoms with Crippen LogP contribution in [0.3, 0.4) is 0 Å². The molecule has 0 saturated heterocycles. The molecule has 0 spiro atoms. The molecule has 7 heteroatoms. The van der Waals surface area contributed by atoms with E-state index in [-0.39, 0.29) is 11.5 Å². The first-order valence-corrected chi connectivity index (χ1v) is 10.9. The van der Waals surface area contributed by atoms with Gasteiger partial charge in [-0.05, 0) is 41.0 Å². The van der Waals surface area contributed by atoms with Crippen LogP contribution >= 0.6 is 0 Å². The van der Waals surface area contributed by atoms with Gasteiger partial charge in [-0.1, -0.05) is 66.7 Å². The number of nitrogens with two attached hydrogens (primary N) is 1. The minimum atomic E-state index is -3.77. The first-order chi connectivity index (χ1) is 14.4. The number of carbonyl (C=O) groups excluding carboxylic acids is 1. The highest BCUT2D eigenvalue weighted by atomic mass is 32.2. The number of amides is 1. The van der Waals surface area contributed by atoms with E-state index in [4.69, 9.17) is 9.88 Å². The van der Waals surface area contributed by atoms with Gasteiger partial charge in [-0.2, -0.15) is 0 Å². The second-order valence-corrected chi connectivity index (χ2v) is 8.03. The molecule has 3 aromatic carbocycles. The highest BCUT2D eigenvalue weighted by Crippen LogP contribution is 2.23. The molecule has 3 rings (SSSR count). The van der Waals surface area contributed by atoms with Crippen molar-refractivity contribution in [3.05, 3.63) is 102 Å². The summed E-state index contributed by atoms with van der Waals surface area (Å²) in [5, 5.41) is 7.61. The van der Waals surface area contributed by atoms with Gasteiger partial charge >= 0.3 is 6.09 Å². The third-order valence-electron chi connectivity index (χ3n) is 4.30. The van der Waals surface area contributed by atoms with Gasteiger partial charge in [-0.15, -0.1) is 0 Å². The van der Waals surface area contributed by atoms with Crippen molar-refractivity contribution in [3.63, 3.8) is 0 Å². The molecule has 0 fully saturated rings. The monoisotopic (exact) mass is 422 g/mol. The van der Waals surface area contributed by atoms with E-state index in [0.29, 0.717) is 12.1 Å². The fraction of sp³-hybridized carbons (Fsp3) is 0.0870. The zero-order chi connectivity index (χ0) is 21.4. The van der Waals surface area contributed by atoms with E-state index in [9.17, 15) is 13.2 Å². The number of hydrogen-bond acceptors (Lipinski definition) is 4. The number of anilines is 1. The SMILES string of the molecule is NS(=O)(=O)c1ccc(NC(=O)OCCC=C(c2ccccc2)c2ccccc2)cc1. The van der Waals surface area contributed by atoms with Crippen LogP contribution in [0.5, 0.6) is 0 Å². The van der Waals surface area contributed by atoms with Crippen molar-refractivity contribution in [2.24, 2.45) is 5.14 Å². The number of primary sulfonamides is 1. The van der Waals surface area contributed by atoms with E-state index >= 15 is 0 Å². The minimum Gasteiger partial charge on any atom is -0.449 e. The fourth-order valence-electron chi connectivity index (χ4n) is 2.87. The summed E-state index contributed by atoms with van der Waals surface area (Å²) in [6.45, 7) is 0.199. The fourth-order valence-corrected chi connectivity index (χ4v) is 3.39. The first kappa shape index (κ1) is 21.3. The van der Waals surface area contributed by atoms with Crippen LogP contribution in [0.1, 0.15) is 17.5 Å².